The number of imidazole rings is 1. The first-order valence-electron chi connectivity index (χ1n) is 5.81. The molecule has 2 N–H and O–H groups in total. The third-order valence-corrected chi connectivity index (χ3v) is 3.74. The highest BCUT2D eigenvalue weighted by Crippen LogP contribution is 2.32. The Balaban J connectivity index is 2.10. The number of thioether (sulfide) groups is 1. The van der Waals surface area contributed by atoms with Crippen LogP contribution in [0.5, 0.6) is 5.75 Å². The van der Waals surface area contributed by atoms with E-state index in [0.29, 0.717) is 5.69 Å². The number of anilines is 1. The number of benzene rings is 1. The van der Waals surface area contributed by atoms with Crippen molar-refractivity contribution >= 4 is 17.4 Å². The van der Waals surface area contributed by atoms with Gasteiger partial charge in [-0.15, -0.1) is 11.8 Å². The molecule has 1 heterocycles. The number of aromatic nitrogens is 2. The average Bonchev–Trinajstić information content (AvgIpc) is 2.84. The van der Waals surface area contributed by atoms with Crippen molar-refractivity contribution in [2.45, 2.75) is 24.1 Å². The van der Waals surface area contributed by atoms with Gasteiger partial charge in [0.1, 0.15) is 11.6 Å². The van der Waals surface area contributed by atoms with Crippen LogP contribution in [0.15, 0.2) is 35.5 Å². The van der Waals surface area contributed by atoms with Crippen LogP contribution in [0.2, 0.25) is 0 Å². The molecule has 0 amide bonds. The first kappa shape index (κ1) is 12.8. The number of ether oxygens (including phenoxy) is 1. The van der Waals surface area contributed by atoms with E-state index >= 15 is 0 Å². The van der Waals surface area contributed by atoms with Crippen LogP contribution in [0.1, 0.15) is 12.7 Å². The maximum atomic E-state index is 5.73. The number of methoxy groups -OCH3 is 1. The summed E-state index contributed by atoms with van der Waals surface area (Å²) in [4.78, 5) is 5.43. The number of hydrogen-bond donors (Lipinski definition) is 1. The fraction of sp³-hybridized carbons (Fsp3) is 0.308. The lowest BCUT2D eigenvalue weighted by molar-refractivity contribution is 0.405. The lowest BCUT2D eigenvalue weighted by Crippen LogP contribution is -1.99. The fourth-order valence-electron chi connectivity index (χ4n) is 1.71. The largest absolute Gasteiger partial charge is 0.496 e. The van der Waals surface area contributed by atoms with E-state index < -0.39 is 0 Å². The van der Waals surface area contributed by atoms with Crippen molar-refractivity contribution in [2.75, 3.05) is 12.8 Å². The molecule has 1 aromatic heterocycles. The molecular formula is C13H17N3OS. The van der Waals surface area contributed by atoms with Crippen LogP contribution in [0.3, 0.4) is 0 Å². The molecule has 1 aromatic carbocycles. The number of hydrogen-bond acceptors (Lipinski definition) is 4. The summed E-state index contributed by atoms with van der Waals surface area (Å²) in [7, 11) is 1.66. The molecule has 5 heteroatoms. The standard InChI is InChI=1S/C13H17N3OS/c1-3-16-7-6-15-13(16)9-18-12-5-4-10(14)8-11(12)17-2/h4-8H,3,9,14H2,1-2H3. The Morgan fingerprint density at radius 2 is 2.28 bits per heavy atom. The molecule has 0 aliphatic rings. The minimum absolute atomic E-state index is 0.714. The van der Waals surface area contributed by atoms with Crippen LogP contribution in [0.4, 0.5) is 5.69 Å². The van der Waals surface area contributed by atoms with E-state index in [1.165, 1.54) is 0 Å². The summed E-state index contributed by atoms with van der Waals surface area (Å²) in [6.07, 6.45) is 3.83. The second-order valence-electron chi connectivity index (χ2n) is 3.83. The van der Waals surface area contributed by atoms with Crippen LogP contribution < -0.4 is 10.5 Å². The van der Waals surface area contributed by atoms with Crippen LogP contribution in [-0.4, -0.2) is 16.7 Å². The zero-order valence-electron chi connectivity index (χ0n) is 10.6. The summed E-state index contributed by atoms with van der Waals surface area (Å²) in [6, 6.07) is 5.71. The van der Waals surface area contributed by atoms with E-state index in [-0.39, 0.29) is 0 Å². The van der Waals surface area contributed by atoms with Crippen LogP contribution >= 0.6 is 11.8 Å². The van der Waals surface area contributed by atoms with Crippen LogP contribution in [0, 0.1) is 0 Å². The van der Waals surface area contributed by atoms with Crippen molar-refractivity contribution in [3.63, 3.8) is 0 Å². The minimum Gasteiger partial charge on any atom is -0.496 e. The molecular weight excluding hydrogens is 246 g/mol. The summed E-state index contributed by atoms with van der Waals surface area (Å²) in [6.45, 7) is 3.05. The molecule has 0 aliphatic carbocycles. The Bertz CT molecular complexity index is 525. The molecule has 0 atom stereocenters. The van der Waals surface area contributed by atoms with Crippen molar-refractivity contribution in [2.24, 2.45) is 0 Å². The molecule has 0 saturated heterocycles. The lowest BCUT2D eigenvalue weighted by Gasteiger charge is -2.09. The Labute approximate surface area is 111 Å². The molecule has 18 heavy (non-hydrogen) atoms. The van der Waals surface area contributed by atoms with Crippen LogP contribution in [0.25, 0.3) is 0 Å². The Hall–Kier alpha value is -1.62. The molecule has 0 spiro atoms. The molecule has 4 nitrogen and oxygen atoms in total. The van der Waals surface area contributed by atoms with Crippen molar-refractivity contribution in [1.82, 2.24) is 9.55 Å². The van der Waals surface area contributed by atoms with Gasteiger partial charge in [0.25, 0.3) is 0 Å². The number of nitrogen functional groups attached to an aromatic ring is 1. The first-order valence-corrected chi connectivity index (χ1v) is 6.79. The maximum Gasteiger partial charge on any atom is 0.134 e. The highest BCUT2D eigenvalue weighted by molar-refractivity contribution is 7.98. The second kappa shape index (κ2) is 5.82. The van der Waals surface area contributed by atoms with Crippen molar-refractivity contribution in [3.05, 3.63) is 36.4 Å². The molecule has 0 aliphatic heterocycles. The van der Waals surface area contributed by atoms with Gasteiger partial charge in [-0.3, -0.25) is 0 Å². The second-order valence-corrected chi connectivity index (χ2v) is 4.85. The van der Waals surface area contributed by atoms with Gasteiger partial charge in [0.2, 0.25) is 0 Å². The molecule has 0 unspecified atom stereocenters. The van der Waals surface area contributed by atoms with E-state index in [1.54, 1.807) is 18.9 Å². The average molecular weight is 263 g/mol. The van der Waals surface area contributed by atoms with Gasteiger partial charge in [-0.1, -0.05) is 0 Å². The van der Waals surface area contributed by atoms with Gasteiger partial charge in [-0.2, -0.15) is 0 Å². The lowest BCUT2D eigenvalue weighted by atomic mass is 10.3. The van der Waals surface area contributed by atoms with Gasteiger partial charge in [0.15, 0.2) is 0 Å². The zero-order valence-corrected chi connectivity index (χ0v) is 11.4. The first-order chi connectivity index (χ1) is 8.74. The quantitative estimate of drug-likeness (QED) is 0.665. The predicted octanol–water partition coefficient (Wildman–Crippen LogP) is 2.79. The Kier molecular flexibility index (Phi) is 4.15. The highest BCUT2D eigenvalue weighted by atomic mass is 32.2. The topological polar surface area (TPSA) is 53.1 Å². The number of rotatable bonds is 5. The van der Waals surface area contributed by atoms with E-state index in [9.17, 15) is 0 Å². The van der Waals surface area contributed by atoms with Gasteiger partial charge < -0.3 is 15.0 Å². The van der Waals surface area contributed by atoms with Crippen LogP contribution in [-0.2, 0) is 12.3 Å². The van der Waals surface area contributed by atoms with Crippen molar-refractivity contribution < 1.29 is 4.74 Å². The maximum absolute atomic E-state index is 5.73. The van der Waals surface area contributed by atoms with Gasteiger partial charge in [0.05, 0.1) is 12.9 Å². The van der Waals surface area contributed by atoms with E-state index in [2.05, 4.69) is 16.5 Å². The Morgan fingerprint density at radius 3 is 3.00 bits per heavy atom. The molecule has 2 aromatic rings. The Morgan fingerprint density at radius 1 is 1.44 bits per heavy atom. The number of nitrogens with two attached hydrogens (primary N) is 1. The zero-order chi connectivity index (χ0) is 13.0. The third kappa shape index (κ3) is 2.79. The van der Waals surface area contributed by atoms with E-state index in [1.807, 2.05) is 30.6 Å². The molecule has 2 rings (SSSR count). The number of nitrogens with zero attached hydrogens (tertiary/aromatic N) is 2. The van der Waals surface area contributed by atoms with Gasteiger partial charge in [-0.05, 0) is 19.1 Å². The van der Waals surface area contributed by atoms with E-state index in [4.69, 9.17) is 10.5 Å². The van der Waals surface area contributed by atoms with Gasteiger partial charge in [-0.25, -0.2) is 4.98 Å². The minimum atomic E-state index is 0.714. The fourth-order valence-corrected chi connectivity index (χ4v) is 2.69. The third-order valence-electron chi connectivity index (χ3n) is 2.69. The predicted molar refractivity (Wildman–Crippen MR) is 74.9 cm³/mol. The summed E-state index contributed by atoms with van der Waals surface area (Å²) in [5.41, 5.74) is 6.45. The normalized spacial score (nSPS) is 10.6. The van der Waals surface area contributed by atoms with Gasteiger partial charge in [0, 0.05) is 35.6 Å². The molecule has 0 radical (unpaired) electrons. The summed E-state index contributed by atoms with van der Waals surface area (Å²) < 4.78 is 7.46. The number of aryl methyl sites for hydroxylation is 1. The molecule has 0 bridgehead atoms. The summed E-state index contributed by atoms with van der Waals surface area (Å²) in [5, 5.41) is 0. The van der Waals surface area contributed by atoms with Gasteiger partial charge >= 0.3 is 0 Å². The molecule has 96 valence electrons. The van der Waals surface area contributed by atoms with Crippen molar-refractivity contribution in [1.29, 1.82) is 0 Å². The molecule has 0 saturated carbocycles. The summed E-state index contributed by atoms with van der Waals surface area (Å²) in [5.74, 6) is 2.71. The van der Waals surface area contributed by atoms with E-state index in [0.717, 1.165) is 28.8 Å². The molecule has 0 fully saturated rings. The highest BCUT2D eigenvalue weighted by Gasteiger charge is 2.07. The van der Waals surface area contributed by atoms with Crippen molar-refractivity contribution in [3.8, 4) is 5.75 Å². The SMILES string of the molecule is CCn1ccnc1CSc1ccc(N)cc1OC. The summed E-state index contributed by atoms with van der Waals surface area (Å²) >= 11 is 1.70. The monoisotopic (exact) mass is 263 g/mol. The smallest absolute Gasteiger partial charge is 0.134 e.